The van der Waals surface area contributed by atoms with Crippen molar-refractivity contribution in [3.05, 3.63) is 191 Å². The van der Waals surface area contributed by atoms with Gasteiger partial charge in [-0.15, -0.1) is 0 Å². The van der Waals surface area contributed by atoms with Gasteiger partial charge < -0.3 is 9.47 Å². The molecule has 10 rings (SSSR count). The van der Waals surface area contributed by atoms with Crippen molar-refractivity contribution in [3.63, 3.8) is 0 Å². The smallest absolute Gasteiger partial charge is 0.0542 e. The predicted octanol–water partition coefficient (Wildman–Crippen LogP) is 14.7. The molecule has 0 N–H and O–H groups in total. The van der Waals surface area contributed by atoms with E-state index in [-0.39, 0.29) is 5.41 Å². The summed E-state index contributed by atoms with van der Waals surface area (Å²) in [6, 6.07) is 61.1. The molecule has 1 aliphatic rings. The van der Waals surface area contributed by atoms with E-state index in [4.69, 9.17) is 23.2 Å². The number of aromatic nitrogens is 1. The normalized spacial score (nSPS) is 13.1. The van der Waals surface area contributed by atoms with E-state index in [9.17, 15) is 0 Å². The number of nitrogens with zero attached hydrogens (tertiary/aromatic N) is 2. The quantitative estimate of drug-likeness (QED) is 0.172. The van der Waals surface area contributed by atoms with Gasteiger partial charge in [0, 0.05) is 49.0 Å². The number of para-hydroxylation sites is 2. The van der Waals surface area contributed by atoms with Gasteiger partial charge in [0.2, 0.25) is 0 Å². The molecule has 254 valence electrons. The van der Waals surface area contributed by atoms with Crippen molar-refractivity contribution in [1.29, 1.82) is 0 Å². The third-order valence-electron chi connectivity index (χ3n) is 11.0. The van der Waals surface area contributed by atoms with Gasteiger partial charge in [0.25, 0.3) is 0 Å². The number of halogens is 2. The molecule has 9 aromatic rings. The Bertz CT molecular complexity index is 2880. The fraction of sp³-hybridized carbons (Fsp3) is 0.0612. The van der Waals surface area contributed by atoms with E-state index in [2.05, 4.69) is 175 Å². The second-order valence-corrected chi connectivity index (χ2v) is 15.4. The molecular formula is C49H34Cl2N2. The molecule has 0 saturated carbocycles. The maximum absolute atomic E-state index is 6.38. The van der Waals surface area contributed by atoms with Crippen LogP contribution >= 0.6 is 23.2 Å². The summed E-state index contributed by atoms with van der Waals surface area (Å²) in [7, 11) is 0. The summed E-state index contributed by atoms with van der Waals surface area (Å²) in [5.74, 6) is 0. The van der Waals surface area contributed by atoms with E-state index in [1.165, 1.54) is 44.1 Å². The van der Waals surface area contributed by atoms with Crippen molar-refractivity contribution < 1.29 is 0 Å². The van der Waals surface area contributed by atoms with E-state index < -0.39 is 0 Å². The van der Waals surface area contributed by atoms with Crippen LogP contribution in [0, 0.1) is 0 Å². The lowest BCUT2D eigenvalue weighted by molar-refractivity contribution is 0.660. The van der Waals surface area contributed by atoms with Crippen molar-refractivity contribution in [2.24, 2.45) is 0 Å². The first-order valence-electron chi connectivity index (χ1n) is 18.0. The number of hydrogen-bond donors (Lipinski definition) is 0. The van der Waals surface area contributed by atoms with E-state index in [0.717, 1.165) is 44.6 Å². The highest BCUT2D eigenvalue weighted by Crippen LogP contribution is 2.51. The Balaban J connectivity index is 1.17. The number of hydrogen-bond acceptors (Lipinski definition) is 1. The Labute approximate surface area is 319 Å². The average Bonchev–Trinajstić information content (AvgIpc) is 3.63. The van der Waals surface area contributed by atoms with Gasteiger partial charge in [-0.3, -0.25) is 0 Å². The van der Waals surface area contributed by atoms with Crippen LogP contribution in [0.25, 0.3) is 60.5 Å². The molecule has 0 saturated heterocycles. The summed E-state index contributed by atoms with van der Waals surface area (Å²) in [5, 5.41) is 6.00. The highest BCUT2D eigenvalue weighted by atomic mass is 35.5. The van der Waals surface area contributed by atoms with E-state index >= 15 is 0 Å². The molecule has 2 nitrogen and oxygen atoms in total. The lowest BCUT2D eigenvalue weighted by Crippen LogP contribution is -2.16. The van der Waals surface area contributed by atoms with Crippen LogP contribution in [0.4, 0.5) is 17.1 Å². The van der Waals surface area contributed by atoms with Crippen molar-refractivity contribution in [3.8, 4) is 27.9 Å². The Kier molecular flexibility index (Phi) is 7.30. The van der Waals surface area contributed by atoms with Crippen molar-refractivity contribution in [1.82, 2.24) is 4.57 Å². The minimum atomic E-state index is -0.121. The summed E-state index contributed by atoms with van der Waals surface area (Å²) in [6.07, 6.45) is 0. The zero-order chi connectivity index (χ0) is 35.8. The van der Waals surface area contributed by atoms with Crippen LogP contribution in [-0.4, -0.2) is 4.57 Å². The summed E-state index contributed by atoms with van der Waals surface area (Å²) in [4.78, 5) is 2.41. The third-order valence-corrected chi connectivity index (χ3v) is 11.5. The maximum atomic E-state index is 6.38. The molecule has 0 radical (unpaired) electrons. The van der Waals surface area contributed by atoms with Gasteiger partial charge in [0.05, 0.1) is 11.0 Å². The van der Waals surface area contributed by atoms with E-state index in [1.807, 2.05) is 12.1 Å². The number of rotatable bonds is 5. The fourth-order valence-electron chi connectivity index (χ4n) is 8.51. The van der Waals surface area contributed by atoms with Crippen LogP contribution in [0.5, 0.6) is 0 Å². The number of fused-ring (bicyclic) bond motifs is 7. The minimum absolute atomic E-state index is 0.121. The second kappa shape index (κ2) is 12.1. The largest absolute Gasteiger partial charge is 0.310 e. The van der Waals surface area contributed by atoms with Gasteiger partial charge in [-0.25, -0.2) is 0 Å². The first-order chi connectivity index (χ1) is 25.8. The van der Waals surface area contributed by atoms with Crippen molar-refractivity contribution in [2.45, 2.75) is 19.3 Å². The maximum Gasteiger partial charge on any atom is 0.0542 e. The number of benzene rings is 8. The van der Waals surface area contributed by atoms with Crippen LogP contribution in [0.2, 0.25) is 10.0 Å². The molecule has 0 aliphatic heterocycles. The van der Waals surface area contributed by atoms with E-state index in [1.54, 1.807) is 6.07 Å². The molecule has 4 heteroatoms. The van der Waals surface area contributed by atoms with Gasteiger partial charge in [-0.05, 0) is 129 Å². The highest BCUT2D eigenvalue weighted by molar-refractivity contribution is 6.35. The molecule has 0 spiro atoms. The van der Waals surface area contributed by atoms with Crippen LogP contribution in [0.15, 0.2) is 170 Å². The molecule has 1 aliphatic carbocycles. The minimum Gasteiger partial charge on any atom is -0.310 e. The fourth-order valence-corrected chi connectivity index (χ4v) is 9.03. The molecule has 0 bridgehead atoms. The molecule has 0 fully saturated rings. The van der Waals surface area contributed by atoms with Crippen LogP contribution in [-0.2, 0) is 5.41 Å². The van der Waals surface area contributed by atoms with Gasteiger partial charge in [0.1, 0.15) is 0 Å². The number of anilines is 3. The summed E-state index contributed by atoms with van der Waals surface area (Å²) in [5.41, 5.74) is 14.1. The monoisotopic (exact) mass is 720 g/mol. The van der Waals surface area contributed by atoms with Gasteiger partial charge in [0.15, 0.2) is 0 Å². The molecule has 0 amide bonds. The Hall–Kier alpha value is -5.80. The summed E-state index contributed by atoms with van der Waals surface area (Å²) < 4.78 is 2.37. The second-order valence-electron chi connectivity index (χ2n) is 14.5. The third kappa shape index (κ3) is 5.16. The Morgan fingerprint density at radius 1 is 0.453 bits per heavy atom. The molecule has 1 heterocycles. The Morgan fingerprint density at radius 2 is 1.08 bits per heavy atom. The van der Waals surface area contributed by atoms with Crippen LogP contribution in [0.1, 0.15) is 25.0 Å². The summed E-state index contributed by atoms with van der Waals surface area (Å²) in [6.45, 7) is 4.69. The molecule has 0 unspecified atom stereocenters. The average molecular weight is 722 g/mol. The first-order valence-corrected chi connectivity index (χ1v) is 18.7. The van der Waals surface area contributed by atoms with Crippen molar-refractivity contribution in [2.75, 3.05) is 4.90 Å². The van der Waals surface area contributed by atoms with Gasteiger partial charge >= 0.3 is 0 Å². The predicted molar refractivity (Wildman–Crippen MR) is 226 cm³/mol. The first kappa shape index (κ1) is 31.9. The standard InChI is InChI=1S/C49H34Cl2N2/c1-49(2)45-14-8-6-12-41(45)42-22-20-40(30-46(42)49)52(38-19-18-31-24-32(16-17-33(31)27-38)34-25-35(50)28-36(51)26-34)39-21-23-48-44(29-39)43-13-7-9-15-47(43)53(48)37-10-4-3-5-11-37/h3-30H,1-2H3. The van der Waals surface area contributed by atoms with Crippen molar-refractivity contribution >= 4 is 72.8 Å². The van der Waals surface area contributed by atoms with Crippen LogP contribution < -0.4 is 4.90 Å². The molecular weight excluding hydrogens is 687 g/mol. The lowest BCUT2D eigenvalue weighted by Gasteiger charge is -2.28. The lowest BCUT2D eigenvalue weighted by atomic mass is 9.82. The zero-order valence-electron chi connectivity index (χ0n) is 29.3. The molecule has 53 heavy (non-hydrogen) atoms. The van der Waals surface area contributed by atoms with Gasteiger partial charge in [-0.2, -0.15) is 0 Å². The topological polar surface area (TPSA) is 8.17 Å². The molecule has 8 aromatic carbocycles. The Morgan fingerprint density at radius 3 is 1.92 bits per heavy atom. The van der Waals surface area contributed by atoms with E-state index in [0.29, 0.717) is 10.0 Å². The summed E-state index contributed by atoms with van der Waals surface area (Å²) >= 11 is 12.8. The SMILES string of the molecule is CC1(C)c2ccccc2-c2ccc(N(c3ccc4cc(-c5cc(Cl)cc(Cl)c5)ccc4c3)c3ccc4c(c3)c3ccccc3n4-c3ccccc3)cc21. The zero-order valence-corrected chi connectivity index (χ0v) is 30.8. The molecule has 1 aromatic heterocycles. The molecule has 0 atom stereocenters. The van der Waals surface area contributed by atoms with Gasteiger partial charge in [-0.1, -0.05) is 122 Å². The van der Waals surface area contributed by atoms with Crippen LogP contribution in [0.3, 0.4) is 0 Å². The highest BCUT2D eigenvalue weighted by Gasteiger charge is 2.35.